The fraction of sp³-hybridized carbons (Fsp3) is 0.985. The summed E-state index contributed by atoms with van der Waals surface area (Å²) < 4.78 is 3.45. The van der Waals surface area contributed by atoms with E-state index in [0.29, 0.717) is 23.7 Å². The van der Waals surface area contributed by atoms with Crippen molar-refractivity contribution in [3.63, 3.8) is 0 Å². The summed E-state index contributed by atoms with van der Waals surface area (Å²) in [5.74, 6) is 18.5. The maximum Gasteiger partial charge on any atom is 1.00 e. The van der Waals surface area contributed by atoms with Gasteiger partial charge in [-0.3, -0.25) is 4.75 Å². The van der Waals surface area contributed by atoms with Crippen molar-refractivity contribution in [2.45, 2.75) is 281 Å². The second kappa shape index (κ2) is 28.9. The van der Waals surface area contributed by atoms with E-state index in [1.54, 1.807) is 0 Å². The van der Waals surface area contributed by atoms with Gasteiger partial charge in [0.25, 0.3) is 0 Å². The van der Waals surface area contributed by atoms with Crippen LogP contribution in [0.5, 0.6) is 0 Å². The van der Waals surface area contributed by atoms with Crippen LogP contribution in [0, 0.1) is 113 Å². The topological polar surface area (TPSA) is 0 Å². The molecule has 12 heteroatoms. The fourth-order valence-corrected chi connectivity index (χ4v) is 29.4. The molecule has 0 heterocycles. The summed E-state index contributed by atoms with van der Waals surface area (Å²) in [5, 5.41) is 0. The van der Waals surface area contributed by atoms with Crippen LogP contribution >= 0.6 is 0 Å². The first kappa shape index (κ1) is 72.1. The molecule has 0 radical (unpaired) electrons. The molecule has 1 nitrogen and oxygen atoms in total. The van der Waals surface area contributed by atoms with Crippen LogP contribution in [-0.2, 0) is 161 Å². The van der Waals surface area contributed by atoms with Gasteiger partial charge in [0, 0.05) is 0 Å². The van der Waals surface area contributed by atoms with Crippen LogP contribution in [0.2, 0.25) is 0 Å². The summed E-state index contributed by atoms with van der Waals surface area (Å²) in [7, 11) is 0. The molecule has 0 aromatic rings. The van der Waals surface area contributed by atoms with E-state index in [2.05, 4.69) is 34.1 Å². The normalized spacial score (nSPS) is 51.1. The van der Waals surface area contributed by atoms with E-state index in [0.717, 1.165) is 107 Å². The van der Waals surface area contributed by atoms with Crippen LogP contribution in [0.1, 0.15) is 254 Å². The Hall–Kier alpha value is 4.66. The first-order valence-corrected chi connectivity index (χ1v) is 36.0. The largest absolute Gasteiger partial charge is 1.00 e. The second-order valence-electron chi connectivity index (χ2n) is 32.9. The molecule has 24 aliphatic rings. The van der Waals surface area contributed by atoms with E-state index >= 15 is 0 Å². The number of rotatable bonds is 4. The molecule has 0 spiro atoms. The number of quaternary nitrogens is 1. The fourth-order valence-electron chi connectivity index (χ4n) is 25.2. The van der Waals surface area contributed by atoms with Crippen molar-refractivity contribution in [1.82, 2.24) is 0 Å². The predicted molar refractivity (Wildman–Crippen MR) is 333 cm³/mol. The molecule has 24 fully saturated rings. The average Bonchev–Trinajstić information content (AvgIpc) is 3.27. The summed E-state index contributed by atoms with van der Waals surface area (Å²) >= 11 is 34.1. The Morgan fingerprint density at radius 3 is 0.487 bits per heavy atom. The molecule has 4 atom stereocenters. The van der Waals surface area contributed by atoms with Crippen LogP contribution < -0.4 is 0 Å². The van der Waals surface area contributed by atoms with Crippen LogP contribution in [-0.4, -0.2) is 59.1 Å². The van der Waals surface area contributed by atoms with Crippen molar-refractivity contribution >= 4 is 75.8 Å². The van der Waals surface area contributed by atoms with E-state index in [9.17, 15) is 0 Å². The van der Waals surface area contributed by atoms with Gasteiger partial charge in [-0.15, -0.1) is 0 Å². The van der Waals surface area contributed by atoms with Gasteiger partial charge in [-0.05, 0) is 231 Å². The zero-order chi connectivity index (χ0) is 52.2. The van der Waals surface area contributed by atoms with Gasteiger partial charge < -0.3 is 86.7 Å². The Morgan fingerprint density at radius 1 is 0.263 bits per heavy atom. The Bertz CT molecular complexity index is 1420. The second-order valence-corrected chi connectivity index (χ2v) is 38.1. The first-order valence-electron chi connectivity index (χ1n) is 33.6. The van der Waals surface area contributed by atoms with Gasteiger partial charge in [-0.2, -0.15) is 29.7 Å². The van der Waals surface area contributed by atoms with Gasteiger partial charge in [0.05, 0.1) is 26.2 Å². The van der Waals surface area contributed by atoms with Crippen molar-refractivity contribution in [3.05, 3.63) is 6.42 Å². The van der Waals surface area contributed by atoms with Gasteiger partial charge >= 0.3 is 86.8 Å². The van der Waals surface area contributed by atoms with E-state index in [1.165, 1.54) is 255 Å². The van der Waals surface area contributed by atoms with E-state index in [1.807, 2.05) is 0 Å². The van der Waals surface area contributed by atoms with Crippen molar-refractivity contribution in [3.8, 4) is 0 Å². The smallest absolute Gasteiger partial charge is 0.818 e. The third-order valence-electron chi connectivity index (χ3n) is 26.3. The van der Waals surface area contributed by atoms with Gasteiger partial charge in [0.1, 0.15) is 0 Å². The van der Waals surface area contributed by atoms with E-state index in [-0.39, 0.29) is 91.5 Å². The monoisotopic (exact) mass is 1450 g/mol. The number of hydrogen-bond acceptors (Lipinski definition) is 6. The molecule has 24 saturated carbocycles. The molecule has 80 heavy (non-hydrogen) atoms. The summed E-state index contributed by atoms with van der Waals surface area (Å²) in [4.78, 5) is 0. The van der Waals surface area contributed by atoms with Gasteiger partial charge in [0.15, 0.2) is 0 Å². The van der Waals surface area contributed by atoms with Gasteiger partial charge in [0.2, 0.25) is 0 Å². The number of nitrogens with zero attached hydrogens (tertiary/aromatic N) is 1. The van der Waals surface area contributed by atoms with Crippen LogP contribution in [0.3, 0.4) is 0 Å². The predicted octanol–water partition coefficient (Wildman–Crippen LogP) is 16.8. The van der Waals surface area contributed by atoms with Crippen molar-refractivity contribution in [2.75, 3.05) is 26.2 Å². The van der Waals surface area contributed by atoms with Crippen LogP contribution in [0.4, 0.5) is 0 Å². The van der Waals surface area contributed by atoms with Crippen LogP contribution in [0.15, 0.2) is 0 Å². The maximum absolute atomic E-state index is 5.69. The minimum absolute atomic E-state index is 0. The minimum atomic E-state index is 0. The van der Waals surface area contributed by atoms with E-state index in [4.69, 9.17) is 75.8 Å². The summed E-state index contributed by atoms with van der Waals surface area (Å²) in [6.07, 6.45) is 53.2. The first-order chi connectivity index (χ1) is 35.7. The zero-order valence-electron chi connectivity index (χ0n) is 51.0. The molecule has 0 N–H and O–H groups in total. The zero-order valence-corrected chi connectivity index (χ0v) is 59.6. The van der Waals surface area contributed by atoms with Gasteiger partial charge in [-0.25, -0.2) is 0 Å². The average molecular weight is 1450 g/mol. The minimum Gasteiger partial charge on any atom is -0.818 e. The van der Waals surface area contributed by atoms with Crippen molar-refractivity contribution in [2.24, 2.45) is 107 Å². The molecule has 0 amide bonds. The molecule has 478 valence electrons. The molecular weight excluding hydrogens is 1340 g/mol. The Labute approximate surface area is 580 Å². The van der Waals surface area contributed by atoms with Crippen LogP contribution in [0.25, 0.3) is 0 Å². The standard InChI is InChI=1S/5C10H16S.C10H15S.C8H20N.5Cu/c6*11-10-4-7-1-8(5-10)3-9(2-7)6-10;1-5-9(6-2,7-3)8-4;;;;;/h5*7-9,11H,1-6H2;4,7-9,11H,1-3,5-6H2;5-8H2,1-4H3;;;;;/q;;;;;-1;6*+1/p-5/t;;;;;7?,8-,9+,10?;;;;;;. The molecule has 0 aromatic heterocycles. The Morgan fingerprint density at radius 2 is 0.400 bits per heavy atom. The SMILES string of the molecule is CC[N+](CC)(CC)CC.[Cu+].[Cu+].[Cu+].[Cu+].[Cu+].[H+].[S-]C12CC3CC(CC(C3)C1)C2.[S-]C12CC3CC(CC(C3)C1)C2.[S-]C12CC3CC(CC(C3)C1)C2.[S-]C12CC3CC(CC(C3)C1)C2.[S-]C12CC3CC(CC(C3)C1)C2.[S-]C12[CH-]C3C[C@H](C[C@H](C3)C1)C2. The number of hydrogen-bond donors (Lipinski definition) is 0. The molecule has 0 aromatic carbocycles. The third kappa shape index (κ3) is 17.3. The Balaban J connectivity index is 0.000000151. The quantitative estimate of drug-likeness (QED) is 0.118. The van der Waals surface area contributed by atoms with Crippen molar-refractivity contribution in [1.29, 1.82) is 0 Å². The summed E-state index contributed by atoms with van der Waals surface area (Å²) in [6, 6.07) is 0. The third-order valence-corrected chi connectivity index (χ3v) is 29.3. The summed E-state index contributed by atoms with van der Waals surface area (Å²) in [5.41, 5.74) is 0. The molecule has 0 saturated heterocycles. The molecule has 2 unspecified atom stereocenters. The molecular formula is C68H110Cu5NS6. The molecule has 24 bridgehead atoms. The van der Waals surface area contributed by atoms with E-state index < -0.39 is 0 Å². The van der Waals surface area contributed by atoms with Crippen molar-refractivity contribution < 1.29 is 91.3 Å². The molecule has 0 aliphatic heterocycles. The summed E-state index contributed by atoms with van der Waals surface area (Å²) in [6.45, 7) is 14.2. The molecule has 24 rings (SSSR count). The van der Waals surface area contributed by atoms with Gasteiger partial charge in [-0.1, -0.05) is 122 Å². The molecule has 24 aliphatic carbocycles. The maximum atomic E-state index is 5.69. The Kier molecular flexibility index (Phi) is 26.0.